The van der Waals surface area contributed by atoms with Crippen LogP contribution in [0.2, 0.25) is 0 Å². The van der Waals surface area contributed by atoms with E-state index in [9.17, 15) is 9.90 Å². The van der Waals surface area contributed by atoms with Crippen LogP contribution in [0.3, 0.4) is 0 Å². The third-order valence-corrected chi connectivity index (χ3v) is 2.18. The molecule has 0 aliphatic carbocycles. The summed E-state index contributed by atoms with van der Waals surface area (Å²) in [6.45, 7) is 0. The van der Waals surface area contributed by atoms with Gasteiger partial charge in [0.25, 0.3) is 0 Å². The SMILES string of the molecule is O=C(O)Cc1nccc2c(O)cccc12. The van der Waals surface area contributed by atoms with E-state index in [1.165, 1.54) is 6.20 Å². The molecule has 0 saturated carbocycles. The Morgan fingerprint density at radius 3 is 2.80 bits per heavy atom. The van der Waals surface area contributed by atoms with Crippen molar-refractivity contribution in [3.63, 3.8) is 0 Å². The lowest BCUT2D eigenvalue weighted by Crippen LogP contribution is -2.02. The van der Waals surface area contributed by atoms with Crippen molar-refractivity contribution in [1.82, 2.24) is 4.98 Å². The Bertz CT molecular complexity index is 522. The summed E-state index contributed by atoms with van der Waals surface area (Å²) >= 11 is 0. The summed E-state index contributed by atoms with van der Waals surface area (Å²) in [5.74, 6) is -0.792. The average molecular weight is 203 g/mol. The third-order valence-electron chi connectivity index (χ3n) is 2.18. The number of phenols is 1. The molecule has 0 radical (unpaired) electrons. The Balaban J connectivity index is 2.65. The zero-order valence-corrected chi connectivity index (χ0v) is 7.84. The Hall–Kier alpha value is -2.10. The quantitative estimate of drug-likeness (QED) is 0.777. The maximum absolute atomic E-state index is 10.6. The summed E-state index contributed by atoms with van der Waals surface area (Å²) in [5, 5.41) is 19.6. The molecular weight excluding hydrogens is 194 g/mol. The molecule has 0 saturated heterocycles. The van der Waals surface area contributed by atoms with Gasteiger partial charge in [0, 0.05) is 17.0 Å². The number of rotatable bonds is 2. The van der Waals surface area contributed by atoms with Gasteiger partial charge >= 0.3 is 5.97 Å². The van der Waals surface area contributed by atoms with Gasteiger partial charge < -0.3 is 10.2 Å². The van der Waals surface area contributed by atoms with Gasteiger partial charge in [0.1, 0.15) is 5.75 Å². The molecular formula is C11H9NO3. The number of aromatic hydroxyl groups is 1. The fourth-order valence-corrected chi connectivity index (χ4v) is 1.54. The molecule has 76 valence electrons. The number of aromatic nitrogens is 1. The van der Waals surface area contributed by atoms with Gasteiger partial charge in [0.05, 0.1) is 12.1 Å². The van der Waals surface area contributed by atoms with Crippen molar-refractivity contribution in [2.24, 2.45) is 0 Å². The topological polar surface area (TPSA) is 70.4 Å². The summed E-state index contributed by atoms with van der Waals surface area (Å²) in [6.07, 6.45) is 1.36. The lowest BCUT2D eigenvalue weighted by Gasteiger charge is -2.04. The lowest BCUT2D eigenvalue weighted by atomic mass is 10.1. The summed E-state index contributed by atoms with van der Waals surface area (Å²) in [5.41, 5.74) is 0.468. The zero-order chi connectivity index (χ0) is 10.8. The first-order chi connectivity index (χ1) is 7.18. The number of benzene rings is 1. The molecule has 2 aromatic rings. The molecule has 0 amide bonds. The van der Waals surface area contributed by atoms with E-state index in [4.69, 9.17) is 5.11 Å². The van der Waals surface area contributed by atoms with Gasteiger partial charge in [-0.15, -0.1) is 0 Å². The van der Waals surface area contributed by atoms with Gasteiger partial charge in [-0.3, -0.25) is 9.78 Å². The number of phenolic OH excluding ortho intramolecular Hbond substituents is 1. The van der Waals surface area contributed by atoms with Crippen LogP contribution in [0.4, 0.5) is 0 Å². The number of pyridine rings is 1. The van der Waals surface area contributed by atoms with Crippen LogP contribution < -0.4 is 0 Å². The predicted octanol–water partition coefficient (Wildman–Crippen LogP) is 1.57. The van der Waals surface area contributed by atoms with Gasteiger partial charge in [0.2, 0.25) is 0 Å². The van der Waals surface area contributed by atoms with E-state index in [-0.39, 0.29) is 12.2 Å². The third kappa shape index (κ3) is 1.74. The highest BCUT2D eigenvalue weighted by Crippen LogP contribution is 2.25. The standard InChI is InChI=1S/C11H9NO3/c13-10-3-1-2-7-8(10)4-5-12-9(7)6-11(14)15/h1-5,13H,6H2,(H,14,15). The van der Waals surface area contributed by atoms with E-state index in [1.807, 2.05) is 0 Å². The zero-order valence-electron chi connectivity index (χ0n) is 7.84. The molecule has 0 fully saturated rings. The van der Waals surface area contributed by atoms with Crippen LogP contribution in [0.25, 0.3) is 10.8 Å². The van der Waals surface area contributed by atoms with Gasteiger partial charge in [-0.05, 0) is 12.1 Å². The van der Waals surface area contributed by atoms with E-state index in [0.717, 1.165) is 0 Å². The van der Waals surface area contributed by atoms with E-state index >= 15 is 0 Å². The maximum Gasteiger partial charge on any atom is 0.309 e. The number of hydrogen-bond donors (Lipinski definition) is 2. The van der Waals surface area contributed by atoms with Crippen molar-refractivity contribution in [2.75, 3.05) is 0 Å². The molecule has 0 bridgehead atoms. The molecule has 4 heteroatoms. The van der Waals surface area contributed by atoms with Crippen LogP contribution in [0, 0.1) is 0 Å². The Labute approximate surface area is 85.8 Å². The minimum Gasteiger partial charge on any atom is -0.507 e. The van der Waals surface area contributed by atoms with E-state index in [1.54, 1.807) is 24.3 Å². The molecule has 0 atom stereocenters. The van der Waals surface area contributed by atoms with Crippen molar-refractivity contribution in [3.05, 3.63) is 36.2 Å². The molecule has 1 heterocycles. The second-order valence-corrected chi connectivity index (χ2v) is 3.20. The van der Waals surface area contributed by atoms with Gasteiger partial charge in [-0.25, -0.2) is 0 Å². The number of aliphatic carboxylic acids is 1. The van der Waals surface area contributed by atoms with Crippen LogP contribution in [0.1, 0.15) is 5.69 Å². The minimum atomic E-state index is -0.932. The first-order valence-corrected chi connectivity index (χ1v) is 4.46. The molecule has 15 heavy (non-hydrogen) atoms. The number of carboxylic acid groups (broad SMARTS) is 1. The summed E-state index contributed by atoms with van der Waals surface area (Å²) in [7, 11) is 0. The monoisotopic (exact) mass is 203 g/mol. The molecule has 0 spiro atoms. The number of fused-ring (bicyclic) bond motifs is 1. The number of hydrogen-bond acceptors (Lipinski definition) is 3. The van der Waals surface area contributed by atoms with Crippen molar-refractivity contribution >= 4 is 16.7 Å². The van der Waals surface area contributed by atoms with E-state index in [0.29, 0.717) is 16.5 Å². The molecule has 1 aromatic heterocycles. The van der Waals surface area contributed by atoms with E-state index < -0.39 is 5.97 Å². The normalized spacial score (nSPS) is 10.4. The predicted molar refractivity (Wildman–Crippen MR) is 54.7 cm³/mol. The number of carbonyl (C=O) groups is 1. The summed E-state index contributed by atoms with van der Waals surface area (Å²) in [4.78, 5) is 14.6. The van der Waals surface area contributed by atoms with Crippen molar-refractivity contribution in [3.8, 4) is 5.75 Å². The maximum atomic E-state index is 10.6. The van der Waals surface area contributed by atoms with Gasteiger partial charge in [-0.2, -0.15) is 0 Å². The molecule has 2 rings (SSSR count). The molecule has 1 aromatic carbocycles. The van der Waals surface area contributed by atoms with Crippen LogP contribution in [0.5, 0.6) is 5.75 Å². The Kier molecular flexibility index (Phi) is 2.25. The molecule has 0 unspecified atom stereocenters. The Morgan fingerprint density at radius 2 is 2.07 bits per heavy atom. The Morgan fingerprint density at radius 1 is 1.27 bits per heavy atom. The number of carboxylic acids is 1. The molecule has 0 aliphatic rings. The first-order valence-electron chi connectivity index (χ1n) is 4.46. The van der Waals surface area contributed by atoms with Crippen LogP contribution in [0.15, 0.2) is 30.5 Å². The highest BCUT2D eigenvalue weighted by molar-refractivity contribution is 5.91. The van der Waals surface area contributed by atoms with Crippen molar-refractivity contribution in [2.45, 2.75) is 6.42 Å². The van der Waals surface area contributed by atoms with Crippen molar-refractivity contribution < 1.29 is 15.0 Å². The smallest absolute Gasteiger partial charge is 0.309 e. The molecule has 0 aliphatic heterocycles. The van der Waals surface area contributed by atoms with Gasteiger partial charge in [-0.1, -0.05) is 12.1 Å². The van der Waals surface area contributed by atoms with Gasteiger partial charge in [0.15, 0.2) is 0 Å². The van der Waals surface area contributed by atoms with Crippen LogP contribution >= 0.6 is 0 Å². The largest absolute Gasteiger partial charge is 0.507 e. The highest BCUT2D eigenvalue weighted by atomic mass is 16.4. The van der Waals surface area contributed by atoms with Crippen molar-refractivity contribution in [1.29, 1.82) is 0 Å². The first kappa shape index (κ1) is 9.45. The lowest BCUT2D eigenvalue weighted by molar-refractivity contribution is -0.136. The fraction of sp³-hybridized carbons (Fsp3) is 0.0909. The summed E-state index contributed by atoms with van der Waals surface area (Å²) < 4.78 is 0. The summed E-state index contributed by atoms with van der Waals surface area (Å²) in [6, 6.07) is 6.65. The highest BCUT2D eigenvalue weighted by Gasteiger charge is 2.08. The van der Waals surface area contributed by atoms with Crippen LogP contribution in [-0.2, 0) is 11.2 Å². The number of nitrogens with zero attached hydrogens (tertiary/aromatic N) is 1. The average Bonchev–Trinajstić information content (AvgIpc) is 2.19. The van der Waals surface area contributed by atoms with Crippen LogP contribution in [-0.4, -0.2) is 21.2 Å². The molecule has 4 nitrogen and oxygen atoms in total. The fourth-order valence-electron chi connectivity index (χ4n) is 1.54. The second kappa shape index (κ2) is 3.57. The minimum absolute atomic E-state index is 0.138. The van der Waals surface area contributed by atoms with E-state index in [2.05, 4.69) is 4.98 Å². The molecule has 2 N–H and O–H groups in total. The second-order valence-electron chi connectivity index (χ2n) is 3.20.